The largest absolute Gasteiger partial charge is 0.328 e. The first-order chi connectivity index (χ1) is 13.4. The summed E-state index contributed by atoms with van der Waals surface area (Å²) >= 11 is 3.52. The molecule has 1 atom stereocenters. The van der Waals surface area contributed by atoms with Crippen molar-refractivity contribution in [2.24, 2.45) is 0 Å². The summed E-state index contributed by atoms with van der Waals surface area (Å²) in [6.45, 7) is 5.91. The molecule has 1 amide bonds. The Balaban J connectivity index is 1.77. The summed E-state index contributed by atoms with van der Waals surface area (Å²) in [6, 6.07) is 13.5. The molecule has 0 bridgehead atoms. The van der Waals surface area contributed by atoms with E-state index < -0.39 is 0 Å². The third-order valence-corrected chi connectivity index (χ3v) is 5.33. The van der Waals surface area contributed by atoms with Crippen molar-refractivity contribution in [1.82, 2.24) is 14.8 Å². The molecular weight excluding hydrogens is 418 g/mol. The van der Waals surface area contributed by atoms with E-state index in [2.05, 4.69) is 42.7 Å². The number of amides is 1. The number of halogens is 1. The molecule has 2 heterocycles. The standard InChI is InChI=1S/C21H20BrN5O/c1-12-7-8-17(13(2)9-12)26-20(28)18-14(3)25-21-23-11-24-27(21)19(18)15-5-4-6-16(22)10-15/h4-11,19H,1-3H3,(H,26,28)(H,23,24,25). The number of allylic oxidation sites excluding steroid dienone is 1. The van der Waals surface area contributed by atoms with Crippen LogP contribution in [0, 0.1) is 13.8 Å². The number of aromatic nitrogens is 3. The molecule has 0 radical (unpaired) electrons. The minimum atomic E-state index is -0.373. The molecule has 0 spiro atoms. The van der Waals surface area contributed by atoms with Crippen molar-refractivity contribution in [3.8, 4) is 0 Å². The molecule has 7 heteroatoms. The van der Waals surface area contributed by atoms with E-state index in [0.29, 0.717) is 11.5 Å². The number of anilines is 2. The minimum absolute atomic E-state index is 0.164. The van der Waals surface area contributed by atoms with Gasteiger partial charge in [0.05, 0.1) is 5.57 Å². The zero-order chi connectivity index (χ0) is 19.8. The monoisotopic (exact) mass is 437 g/mol. The second-order valence-corrected chi connectivity index (χ2v) is 7.84. The van der Waals surface area contributed by atoms with Gasteiger partial charge in [-0.3, -0.25) is 4.79 Å². The number of hydrogen-bond donors (Lipinski definition) is 2. The van der Waals surface area contributed by atoms with Gasteiger partial charge in [-0.2, -0.15) is 10.1 Å². The van der Waals surface area contributed by atoms with Crippen LogP contribution in [0.2, 0.25) is 0 Å². The second kappa shape index (κ2) is 7.24. The van der Waals surface area contributed by atoms with Gasteiger partial charge in [0.1, 0.15) is 12.4 Å². The highest BCUT2D eigenvalue weighted by Crippen LogP contribution is 2.36. The first-order valence-electron chi connectivity index (χ1n) is 8.95. The highest BCUT2D eigenvalue weighted by atomic mass is 79.9. The van der Waals surface area contributed by atoms with Crippen molar-refractivity contribution in [1.29, 1.82) is 0 Å². The Bertz CT molecular complexity index is 1100. The second-order valence-electron chi connectivity index (χ2n) is 6.92. The van der Waals surface area contributed by atoms with Gasteiger partial charge in [0, 0.05) is 15.9 Å². The molecule has 1 aliphatic rings. The molecule has 0 aliphatic carbocycles. The van der Waals surface area contributed by atoms with E-state index in [1.807, 2.05) is 57.2 Å². The molecule has 6 nitrogen and oxygen atoms in total. The lowest BCUT2D eigenvalue weighted by atomic mass is 9.95. The Morgan fingerprint density at radius 3 is 2.75 bits per heavy atom. The number of carbonyl (C=O) groups excluding carboxylic acids is 1. The maximum absolute atomic E-state index is 13.3. The van der Waals surface area contributed by atoms with E-state index in [4.69, 9.17) is 0 Å². The number of benzene rings is 2. The van der Waals surface area contributed by atoms with Crippen molar-refractivity contribution >= 4 is 33.5 Å². The summed E-state index contributed by atoms with van der Waals surface area (Å²) in [4.78, 5) is 17.6. The van der Waals surface area contributed by atoms with Crippen LogP contribution in [-0.4, -0.2) is 20.7 Å². The van der Waals surface area contributed by atoms with E-state index in [1.165, 1.54) is 6.33 Å². The van der Waals surface area contributed by atoms with Crippen LogP contribution in [0.5, 0.6) is 0 Å². The predicted octanol–water partition coefficient (Wildman–Crippen LogP) is 4.59. The summed E-state index contributed by atoms with van der Waals surface area (Å²) in [5.74, 6) is 0.452. The quantitative estimate of drug-likeness (QED) is 0.628. The lowest BCUT2D eigenvalue weighted by Gasteiger charge is -2.29. The summed E-state index contributed by atoms with van der Waals surface area (Å²) in [7, 11) is 0. The molecule has 1 aromatic heterocycles. The third kappa shape index (κ3) is 3.33. The third-order valence-electron chi connectivity index (χ3n) is 4.83. The average Bonchev–Trinajstić information content (AvgIpc) is 3.10. The first-order valence-corrected chi connectivity index (χ1v) is 9.74. The fraction of sp³-hybridized carbons (Fsp3) is 0.190. The molecule has 0 fully saturated rings. The van der Waals surface area contributed by atoms with Gasteiger partial charge in [-0.25, -0.2) is 4.68 Å². The van der Waals surface area contributed by atoms with Crippen LogP contribution in [0.15, 0.2) is 64.5 Å². The van der Waals surface area contributed by atoms with Gasteiger partial charge in [0.2, 0.25) is 5.95 Å². The fourth-order valence-electron chi connectivity index (χ4n) is 3.51. The predicted molar refractivity (Wildman–Crippen MR) is 113 cm³/mol. The number of carbonyl (C=O) groups is 1. The fourth-order valence-corrected chi connectivity index (χ4v) is 3.93. The van der Waals surface area contributed by atoms with Gasteiger partial charge >= 0.3 is 0 Å². The van der Waals surface area contributed by atoms with Crippen LogP contribution in [0.1, 0.15) is 29.7 Å². The van der Waals surface area contributed by atoms with E-state index >= 15 is 0 Å². The van der Waals surface area contributed by atoms with Crippen LogP contribution in [0.25, 0.3) is 0 Å². The number of hydrogen-bond acceptors (Lipinski definition) is 4. The van der Waals surface area contributed by atoms with Crippen molar-refractivity contribution < 1.29 is 4.79 Å². The van der Waals surface area contributed by atoms with Gasteiger partial charge in [0.15, 0.2) is 0 Å². The van der Waals surface area contributed by atoms with Crippen molar-refractivity contribution in [2.45, 2.75) is 26.8 Å². The Morgan fingerprint density at radius 1 is 1.18 bits per heavy atom. The zero-order valence-corrected chi connectivity index (χ0v) is 17.4. The van der Waals surface area contributed by atoms with Gasteiger partial charge in [-0.1, -0.05) is 45.8 Å². The molecule has 28 heavy (non-hydrogen) atoms. The first kappa shape index (κ1) is 18.4. The SMILES string of the molecule is CC1=C(C(=O)Nc2ccc(C)cc2C)C(c2cccc(Br)c2)n2ncnc2N1. The summed E-state index contributed by atoms with van der Waals surface area (Å²) in [6.07, 6.45) is 1.49. The Hall–Kier alpha value is -2.93. The van der Waals surface area contributed by atoms with Crippen LogP contribution in [0.4, 0.5) is 11.6 Å². The minimum Gasteiger partial charge on any atom is -0.328 e. The van der Waals surface area contributed by atoms with E-state index in [-0.39, 0.29) is 11.9 Å². The zero-order valence-electron chi connectivity index (χ0n) is 15.8. The van der Waals surface area contributed by atoms with Crippen LogP contribution >= 0.6 is 15.9 Å². The molecule has 4 rings (SSSR count). The highest BCUT2D eigenvalue weighted by Gasteiger charge is 2.33. The lowest BCUT2D eigenvalue weighted by Crippen LogP contribution is -2.31. The van der Waals surface area contributed by atoms with Crippen molar-refractivity contribution in [3.63, 3.8) is 0 Å². The molecule has 2 aromatic carbocycles. The molecule has 1 unspecified atom stereocenters. The summed E-state index contributed by atoms with van der Waals surface area (Å²) < 4.78 is 2.68. The van der Waals surface area contributed by atoms with Crippen molar-refractivity contribution in [2.75, 3.05) is 10.6 Å². The molecular formula is C21H20BrN5O. The maximum Gasteiger partial charge on any atom is 0.255 e. The number of nitrogens with one attached hydrogen (secondary N) is 2. The molecule has 0 saturated carbocycles. The molecule has 3 aromatic rings. The van der Waals surface area contributed by atoms with E-state index in [1.54, 1.807) is 4.68 Å². The van der Waals surface area contributed by atoms with E-state index in [9.17, 15) is 4.79 Å². The summed E-state index contributed by atoms with van der Waals surface area (Å²) in [5, 5.41) is 10.6. The normalized spacial score (nSPS) is 15.8. The Labute approximate surface area is 171 Å². The van der Waals surface area contributed by atoms with Crippen LogP contribution in [0.3, 0.4) is 0 Å². The smallest absolute Gasteiger partial charge is 0.255 e. The summed E-state index contributed by atoms with van der Waals surface area (Å²) in [5.41, 5.74) is 5.30. The number of rotatable bonds is 3. The van der Waals surface area contributed by atoms with Gasteiger partial charge < -0.3 is 10.6 Å². The van der Waals surface area contributed by atoms with Gasteiger partial charge in [-0.15, -0.1) is 0 Å². The number of fused-ring (bicyclic) bond motifs is 1. The van der Waals surface area contributed by atoms with Crippen molar-refractivity contribution in [3.05, 3.63) is 81.2 Å². The van der Waals surface area contributed by atoms with Gasteiger partial charge in [-0.05, 0) is 50.1 Å². The van der Waals surface area contributed by atoms with Crippen LogP contribution in [-0.2, 0) is 4.79 Å². The highest BCUT2D eigenvalue weighted by molar-refractivity contribution is 9.10. The Morgan fingerprint density at radius 2 is 2.00 bits per heavy atom. The maximum atomic E-state index is 13.3. The number of nitrogens with zero attached hydrogens (tertiary/aromatic N) is 3. The molecule has 2 N–H and O–H groups in total. The molecule has 1 aliphatic heterocycles. The number of aryl methyl sites for hydroxylation is 2. The average molecular weight is 438 g/mol. The molecule has 0 saturated heterocycles. The Kier molecular flexibility index (Phi) is 4.77. The van der Waals surface area contributed by atoms with Crippen LogP contribution < -0.4 is 10.6 Å². The molecule has 142 valence electrons. The lowest BCUT2D eigenvalue weighted by molar-refractivity contribution is -0.113. The topological polar surface area (TPSA) is 71.8 Å². The van der Waals surface area contributed by atoms with Gasteiger partial charge in [0.25, 0.3) is 5.91 Å². The van der Waals surface area contributed by atoms with E-state index in [0.717, 1.165) is 32.5 Å².